The first-order chi connectivity index (χ1) is 10.3. The van der Waals surface area contributed by atoms with Crippen molar-refractivity contribution in [3.8, 4) is 11.8 Å². The first-order valence-electron chi connectivity index (χ1n) is 8.18. The molecule has 1 N–H and O–H groups in total. The van der Waals surface area contributed by atoms with E-state index in [9.17, 15) is 5.11 Å². The molecule has 0 radical (unpaired) electrons. The molecular weight excluding hydrogens is 272 g/mol. The van der Waals surface area contributed by atoms with Crippen LogP contribution in [0, 0.1) is 17.3 Å². The molecule has 1 saturated heterocycles. The van der Waals surface area contributed by atoms with Crippen LogP contribution in [0.3, 0.4) is 0 Å². The maximum Gasteiger partial charge on any atom is 0.127 e. The number of rotatable bonds is 2. The topological polar surface area (TPSA) is 36.4 Å². The van der Waals surface area contributed by atoms with Crippen molar-refractivity contribution in [2.24, 2.45) is 5.41 Å². The number of hydrogen-bond donors (Lipinski definition) is 1. The van der Waals surface area contributed by atoms with Crippen LogP contribution in [0.15, 0.2) is 24.5 Å². The number of likely N-dealkylation sites (tertiary alicyclic amines) is 1. The van der Waals surface area contributed by atoms with Gasteiger partial charge < -0.3 is 5.11 Å². The van der Waals surface area contributed by atoms with Crippen LogP contribution in [0.25, 0.3) is 0 Å². The molecule has 0 amide bonds. The first-order valence-corrected chi connectivity index (χ1v) is 8.18. The maximum atomic E-state index is 10.5. The van der Waals surface area contributed by atoms with Crippen molar-refractivity contribution in [2.75, 3.05) is 13.1 Å². The molecule has 1 aliphatic heterocycles. The third-order valence-electron chi connectivity index (χ3n) is 4.76. The van der Waals surface area contributed by atoms with E-state index in [-0.39, 0.29) is 5.41 Å². The summed E-state index contributed by atoms with van der Waals surface area (Å²) in [6.07, 6.45) is 7.40. The number of nitrogens with zero attached hydrogens (tertiary/aromatic N) is 2. The predicted octanol–water partition coefficient (Wildman–Crippen LogP) is 3.41. The van der Waals surface area contributed by atoms with Gasteiger partial charge in [0.1, 0.15) is 5.60 Å². The summed E-state index contributed by atoms with van der Waals surface area (Å²) in [7, 11) is 0. The Morgan fingerprint density at radius 2 is 2.09 bits per heavy atom. The zero-order valence-electron chi connectivity index (χ0n) is 14.3. The van der Waals surface area contributed by atoms with Crippen molar-refractivity contribution < 1.29 is 5.11 Å². The van der Waals surface area contributed by atoms with Crippen LogP contribution in [-0.4, -0.2) is 33.7 Å². The van der Waals surface area contributed by atoms with Gasteiger partial charge in [0.25, 0.3) is 0 Å². The summed E-state index contributed by atoms with van der Waals surface area (Å²) in [6.45, 7) is 9.61. The molecule has 22 heavy (non-hydrogen) atoms. The van der Waals surface area contributed by atoms with Crippen molar-refractivity contribution in [1.29, 1.82) is 0 Å². The zero-order chi connectivity index (χ0) is 16.2. The van der Waals surface area contributed by atoms with Crippen LogP contribution in [-0.2, 0) is 0 Å². The average molecular weight is 300 g/mol. The molecule has 3 nitrogen and oxygen atoms in total. The van der Waals surface area contributed by atoms with E-state index < -0.39 is 5.60 Å². The van der Waals surface area contributed by atoms with E-state index in [1.165, 1.54) is 18.4 Å². The van der Waals surface area contributed by atoms with Crippen LogP contribution >= 0.6 is 0 Å². The van der Waals surface area contributed by atoms with Crippen LogP contribution in [0.4, 0.5) is 0 Å². The van der Waals surface area contributed by atoms with Crippen molar-refractivity contribution >= 4 is 0 Å². The lowest BCUT2D eigenvalue weighted by Crippen LogP contribution is -2.38. The largest absolute Gasteiger partial charge is 0.377 e. The molecule has 0 aliphatic carbocycles. The van der Waals surface area contributed by atoms with Gasteiger partial charge in [-0.25, -0.2) is 0 Å². The fraction of sp³-hybridized carbons (Fsp3) is 0.632. The molecule has 1 aromatic heterocycles. The lowest BCUT2D eigenvalue weighted by Gasteiger charge is -2.35. The number of aromatic nitrogens is 1. The van der Waals surface area contributed by atoms with Crippen molar-refractivity contribution in [3.63, 3.8) is 0 Å². The number of aliphatic hydroxyl groups is 1. The molecule has 2 rings (SSSR count). The van der Waals surface area contributed by atoms with E-state index >= 15 is 0 Å². The Balaban J connectivity index is 2.08. The SMILES string of the molecule is CC(C)(C)[C@@](C)(O)C#CCN1CCCC[C@@H]1c1cccnc1. The minimum atomic E-state index is -0.966. The summed E-state index contributed by atoms with van der Waals surface area (Å²) in [5.41, 5.74) is 0.0589. The normalized spacial score (nSPS) is 22.5. The van der Waals surface area contributed by atoms with E-state index in [1.807, 2.05) is 39.2 Å². The van der Waals surface area contributed by atoms with Gasteiger partial charge in [0.2, 0.25) is 0 Å². The summed E-state index contributed by atoms with van der Waals surface area (Å²) in [4.78, 5) is 6.65. The molecule has 0 aromatic carbocycles. The van der Waals surface area contributed by atoms with Gasteiger partial charge in [-0.3, -0.25) is 9.88 Å². The zero-order valence-corrected chi connectivity index (χ0v) is 14.3. The third-order valence-corrected chi connectivity index (χ3v) is 4.76. The molecular formula is C19H28N2O. The van der Waals surface area contributed by atoms with E-state index in [4.69, 9.17) is 0 Å². The first kappa shape index (κ1) is 17.0. The molecule has 1 aliphatic rings. The summed E-state index contributed by atoms with van der Waals surface area (Å²) < 4.78 is 0. The van der Waals surface area contributed by atoms with Gasteiger partial charge in [-0.05, 0) is 37.9 Å². The molecule has 1 fully saturated rings. The molecule has 2 heterocycles. The second-order valence-corrected chi connectivity index (χ2v) is 7.39. The minimum absolute atomic E-state index is 0.245. The molecule has 0 spiro atoms. The van der Waals surface area contributed by atoms with Gasteiger partial charge in [0, 0.05) is 23.9 Å². The second kappa shape index (κ2) is 6.81. The Morgan fingerprint density at radius 3 is 2.73 bits per heavy atom. The van der Waals surface area contributed by atoms with Crippen LogP contribution < -0.4 is 0 Å². The Kier molecular flexibility index (Phi) is 5.26. The van der Waals surface area contributed by atoms with E-state index in [0.29, 0.717) is 12.6 Å². The molecule has 120 valence electrons. The highest BCUT2D eigenvalue weighted by molar-refractivity contribution is 5.19. The van der Waals surface area contributed by atoms with Crippen LogP contribution in [0.5, 0.6) is 0 Å². The summed E-state index contributed by atoms with van der Waals surface area (Å²) in [5.74, 6) is 6.27. The van der Waals surface area contributed by atoms with Gasteiger partial charge in [0.05, 0.1) is 6.54 Å². The summed E-state index contributed by atoms with van der Waals surface area (Å²) in [6, 6.07) is 4.55. The van der Waals surface area contributed by atoms with Gasteiger partial charge in [-0.15, -0.1) is 0 Å². The van der Waals surface area contributed by atoms with E-state index in [1.54, 1.807) is 6.92 Å². The molecule has 3 heteroatoms. The van der Waals surface area contributed by atoms with Crippen molar-refractivity contribution in [3.05, 3.63) is 30.1 Å². The van der Waals surface area contributed by atoms with Crippen LogP contribution in [0.2, 0.25) is 0 Å². The van der Waals surface area contributed by atoms with Crippen molar-refractivity contribution in [1.82, 2.24) is 9.88 Å². The molecule has 0 unspecified atom stereocenters. The van der Waals surface area contributed by atoms with Gasteiger partial charge in [-0.2, -0.15) is 0 Å². The van der Waals surface area contributed by atoms with E-state index in [0.717, 1.165) is 13.0 Å². The summed E-state index contributed by atoms with van der Waals surface area (Å²) in [5, 5.41) is 10.5. The van der Waals surface area contributed by atoms with Crippen molar-refractivity contribution in [2.45, 2.75) is 58.6 Å². The van der Waals surface area contributed by atoms with Gasteiger partial charge in [0.15, 0.2) is 0 Å². The fourth-order valence-corrected chi connectivity index (χ4v) is 2.63. The number of hydrogen-bond acceptors (Lipinski definition) is 3. The standard InChI is InChI=1S/C19H28N2O/c1-18(2,3)19(4,22)11-8-14-21-13-6-5-10-17(21)16-9-7-12-20-15-16/h7,9,12,15,17,22H,5-6,10,13-14H2,1-4H3/t17-,19+/m1/s1. The Hall–Kier alpha value is -1.37. The highest BCUT2D eigenvalue weighted by atomic mass is 16.3. The lowest BCUT2D eigenvalue weighted by molar-refractivity contribution is 0.0127. The summed E-state index contributed by atoms with van der Waals surface area (Å²) >= 11 is 0. The maximum absolute atomic E-state index is 10.5. The Morgan fingerprint density at radius 1 is 1.32 bits per heavy atom. The predicted molar refractivity (Wildman–Crippen MR) is 90.3 cm³/mol. The molecule has 2 atom stereocenters. The minimum Gasteiger partial charge on any atom is -0.377 e. The van der Waals surface area contributed by atoms with Crippen LogP contribution in [0.1, 0.15) is 58.6 Å². The number of piperidine rings is 1. The van der Waals surface area contributed by atoms with Gasteiger partial charge >= 0.3 is 0 Å². The lowest BCUT2D eigenvalue weighted by atomic mass is 9.78. The monoisotopic (exact) mass is 300 g/mol. The third kappa shape index (κ3) is 4.09. The quantitative estimate of drug-likeness (QED) is 0.850. The van der Waals surface area contributed by atoms with Gasteiger partial charge in [-0.1, -0.05) is 45.1 Å². The van der Waals surface area contributed by atoms with E-state index in [2.05, 4.69) is 27.8 Å². The Bertz CT molecular complexity index is 534. The molecule has 0 saturated carbocycles. The highest BCUT2D eigenvalue weighted by Gasteiger charge is 2.33. The highest BCUT2D eigenvalue weighted by Crippen LogP contribution is 2.31. The fourth-order valence-electron chi connectivity index (χ4n) is 2.63. The smallest absolute Gasteiger partial charge is 0.127 e. The average Bonchev–Trinajstić information content (AvgIpc) is 2.47. The molecule has 0 bridgehead atoms. The second-order valence-electron chi connectivity index (χ2n) is 7.39. The molecule has 1 aromatic rings. The Labute approximate surface area is 134 Å². The number of pyridine rings is 1.